The number of piperazine rings is 1. The van der Waals surface area contributed by atoms with Crippen molar-refractivity contribution in [2.45, 2.75) is 26.5 Å². The molecule has 4 rings (SSSR count). The minimum Gasteiger partial charge on any atom is -0.390 e. The van der Waals surface area contributed by atoms with Crippen molar-refractivity contribution in [1.82, 2.24) is 14.4 Å². The summed E-state index contributed by atoms with van der Waals surface area (Å²) in [4.78, 5) is 4.69. The Morgan fingerprint density at radius 1 is 0.903 bits per heavy atom. The number of rotatable bonds is 4. The molecule has 1 unspecified atom stereocenters. The average molecular weight is 466 g/mol. The molecule has 4 nitrogen and oxygen atoms in total. The highest BCUT2D eigenvalue weighted by molar-refractivity contribution is 6.31. The SMILES string of the molecule is C=C.CC.CCl.CN1CCN(CC(O)Cn2c3ccccc3c3cc(Cl)ccc32)CC1. The highest BCUT2D eigenvalue weighted by atomic mass is 35.5. The number of nitrogens with zero attached hydrogens (tertiary/aromatic N) is 3. The van der Waals surface area contributed by atoms with Crippen LogP contribution in [0.4, 0.5) is 0 Å². The average Bonchev–Trinajstić information content (AvgIpc) is 3.12. The van der Waals surface area contributed by atoms with Crippen molar-refractivity contribution in [3.63, 3.8) is 0 Å². The van der Waals surface area contributed by atoms with E-state index in [9.17, 15) is 5.11 Å². The Morgan fingerprint density at radius 3 is 2.13 bits per heavy atom. The summed E-state index contributed by atoms with van der Waals surface area (Å²) in [7, 11) is 2.15. The molecule has 2 aromatic carbocycles. The number of hydrogen-bond donors (Lipinski definition) is 1. The lowest BCUT2D eigenvalue weighted by Crippen LogP contribution is -2.47. The summed E-state index contributed by atoms with van der Waals surface area (Å²) in [6.07, 6.45) is 1.08. The van der Waals surface area contributed by atoms with E-state index in [-0.39, 0.29) is 0 Å². The van der Waals surface area contributed by atoms with E-state index in [0.717, 1.165) is 54.2 Å². The van der Waals surface area contributed by atoms with Gasteiger partial charge < -0.3 is 14.6 Å². The molecule has 1 saturated heterocycles. The predicted octanol–water partition coefficient (Wildman–Crippen LogP) is 5.74. The molecule has 1 aromatic heterocycles. The van der Waals surface area contributed by atoms with Crippen LogP contribution in [0.3, 0.4) is 0 Å². The van der Waals surface area contributed by atoms with E-state index < -0.39 is 6.10 Å². The summed E-state index contributed by atoms with van der Waals surface area (Å²) in [5.41, 5.74) is 2.28. The van der Waals surface area contributed by atoms with Crippen molar-refractivity contribution in [3.8, 4) is 0 Å². The standard InChI is InChI=1S/C20H24ClN3O.C2H6.C2H4.CH3Cl/c1-22-8-10-23(11-9-22)13-16(25)14-24-19-5-3-2-4-17(19)18-12-15(21)6-7-20(18)24;3*1-2/h2-7,12,16,25H,8-11,13-14H2,1H3;1-2H3;1-2H2;1H3. The van der Waals surface area contributed by atoms with Crippen LogP contribution in [0.15, 0.2) is 55.6 Å². The number of benzene rings is 2. The van der Waals surface area contributed by atoms with Crippen LogP contribution >= 0.6 is 23.2 Å². The molecule has 0 bridgehead atoms. The van der Waals surface area contributed by atoms with Crippen molar-refractivity contribution in [3.05, 3.63) is 60.6 Å². The number of alkyl halides is 1. The van der Waals surface area contributed by atoms with E-state index >= 15 is 0 Å². The van der Waals surface area contributed by atoms with Crippen LogP contribution in [0.25, 0.3) is 21.8 Å². The third-order valence-corrected chi connectivity index (χ3v) is 5.43. The van der Waals surface area contributed by atoms with E-state index in [1.807, 2.05) is 38.1 Å². The second-order valence-electron chi connectivity index (χ2n) is 7.05. The first-order valence-corrected chi connectivity index (χ1v) is 11.9. The first kappa shape index (κ1) is 27.5. The maximum absolute atomic E-state index is 10.7. The number of aliphatic hydroxyl groups excluding tert-OH is 1. The fraction of sp³-hybridized carbons (Fsp3) is 0.440. The molecule has 0 aliphatic carbocycles. The van der Waals surface area contributed by atoms with Gasteiger partial charge in [-0.2, -0.15) is 0 Å². The van der Waals surface area contributed by atoms with Crippen LogP contribution < -0.4 is 0 Å². The van der Waals surface area contributed by atoms with Crippen LogP contribution in [0, 0.1) is 0 Å². The van der Waals surface area contributed by atoms with Crippen LogP contribution in [0.5, 0.6) is 0 Å². The second-order valence-corrected chi connectivity index (χ2v) is 7.48. The van der Waals surface area contributed by atoms with Gasteiger partial charge in [0.1, 0.15) is 0 Å². The van der Waals surface area contributed by atoms with E-state index in [0.29, 0.717) is 6.54 Å². The minimum absolute atomic E-state index is 0.391. The van der Waals surface area contributed by atoms with Gasteiger partial charge >= 0.3 is 0 Å². The number of β-amino-alcohol motifs (C(OH)–C–C–N with tert-alkyl or cyclic N) is 1. The van der Waals surface area contributed by atoms with Crippen LogP contribution in [-0.2, 0) is 6.54 Å². The highest BCUT2D eigenvalue weighted by Crippen LogP contribution is 2.31. The van der Waals surface area contributed by atoms with Gasteiger partial charge in [-0.15, -0.1) is 24.8 Å². The zero-order valence-corrected chi connectivity index (χ0v) is 20.8. The van der Waals surface area contributed by atoms with E-state index in [1.54, 1.807) is 0 Å². The maximum atomic E-state index is 10.7. The monoisotopic (exact) mass is 465 g/mol. The molecule has 0 radical (unpaired) electrons. The minimum atomic E-state index is -0.391. The molecule has 0 amide bonds. The first-order chi connectivity index (χ1) is 15.1. The Labute approximate surface area is 197 Å². The summed E-state index contributed by atoms with van der Waals surface area (Å²) in [6.45, 7) is 15.5. The van der Waals surface area contributed by atoms with Crippen LogP contribution in [0.2, 0.25) is 5.02 Å². The lowest BCUT2D eigenvalue weighted by atomic mass is 10.2. The fourth-order valence-corrected chi connectivity index (χ4v) is 3.99. The molecule has 1 fully saturated rings. The van der Waals surface area contributed by atoms with Crippen LogP contribution in [0.1, 0.15) is 13.8 Å². The molecule has 3 aromatic rings. The lowest BCUT2D eigenvalue weighted by molar-refractivity contribution is 0.0723. The second kappa shape index (κ2) is 14.5. The Hall–Kier alpha value is -1.56. The zero-order chi connectivity index (χ0) is 23.4. The van der Waals surface area contributed by atoms with Crippen molar-refractivity contribution < 1.29 is 5.11 Å². The van der Waals surface area contributed by atoms with Crippen molar-refractivity contribution in [2.24, 2.45) is 0 Å². The molecular weight excluding hydrogens is 429 g/mol. The third-order valence-electron chi connectivity index (χ3n) is 5.19. The van der Waals surface area contributed by atoms with Gasteiger partial charge in [0.05, 0.1) is 12.6 Å². The molecule has 1 aliphatic rings. The van der Waals surface area contributed by atoms with Gasteiger partial charge in [0.25, 0.3) is 0 Å². The maximum Gasteiger partial charge on any atom is 0.0845 e. The van der Waals surface area contributed by atoms with E-state index in [1.165, 1.54) is 11.8 Å². The molecule has 31 heavy (non-hydrogen) atoms. The van der Waals surface area contributed by atoms with Gasteiger partial charge in [0.15, 0.2) is 0 Å². The topological polar surface area (TPSA) is 31.6 Å². The highest BCUT2D eigenvalue weighted by Gasteiger charge is 2.19. The number of para-hydroxylation sites is 1. The molecular formula is C25H37Cl2N3O. The van der Waals surface area contributed by atoms with Crippen molar-refractivity contribution in [2.75, 3.05) is 46.2 Å². The fourth-order valence-electron chi connectivity index (χ4n) is 3.82. The summed E-state index contributed by atoms with van der Waals surface area (Å²) < 4.78 is 2.22. The molecule has 1 N–H and O–H groups in total. The van der Waals surface area contributed by atoms with Crippen molar-refractivity contribution >= 4 is 45.0 Å². The third kappa shape index (κ3) is 7.23. The molecule has 2 heterocycles. The van der Waals surface area contributed by atoms with E-state index in [4.69, 9.17) is 11.6 Å². The molecule has 6 heteroatoms. The van der Waals surface area contributed by atoms with Gasteiger partial charge in [0, 0.05) is 65.9 Å². The summed E-state index contributed by atoms with van der Waals surface area (Å²) in [6, 6.07) is 14.3. The number of aromatic nitrogens is 1. The van der Waals surface area contributed by atoms with Crippen LogP contribution in [-0.4, -0.2) is 71.7 Å². The van der Waals surface area contributed by atoms with Crippen molar-refractivity contribution in [1.29, 1.82) is 0 Å². The quantitative estimate of drug-likeness (QED) is 0.393. The van der Waals surface area contributed by atoms with E-state index in [2.05, 4.69) is 64.4 Å². The Bertz CT molecular complexity index is 904. The Kier molecular flexibility index (Phi) is 12.8. The van der Waals surface area contributed by atoms with Gasteiger partial charge in [-0.1, -0.05) is 43.6 Å². The summed E-state index contributed by atoms with van der Waals surface area (Å²) in [5, 5.41) is 13.8. The number of aliphatic hydroxyl groups is 1. The van der Waals surface area contributed by atoms with Gasteiger partial charge in [-0.25, -0.2) is 0 Å². The van der Waals surface area contributed by atoms with Gasteiger partial charge in [0.2, 0.25) is 0 Å². The molecule has 1 aliphatic heterocycles. The molecule has 0 saturated carbocycles. The van der Waals surface area contributed by atoms with Gasteiger partial charge in [-0.3, -0.25) is 4.90 Å². The normalized spacial score (nSPS) is 15.2. The zero-order valence-electron chi connectivity index (χ0n) is 19.3. The first-order valence-electron chi connectivity index (χ1n) is 10.7. The Balaban J connectivity index is 0.000000739. The number of fused-ring (bicyclic) bond motifs is 3. The molecule has 1 atom stereocenters. The number of halogens is 2. The molecule has 0 spiro atoms. The summed E-state index contributed by atoms with van der Waals surface area (Å²) >= 11 is 10.8. The summed E-state index contributed by atoms with van der Waals surface area (Å²) in [5.74, 6) is 0. The lowest BCUT2D eigenvalue weighted by Gasteiger charge is -2.33. The number of hydrogen-bond acceptors (Lipinski definition) is 3. The number of likely N-dealkylation sites (N-methyl/N-ethyl adjacent to an activating group) is 1. The predicted molar refractivity (Wildman–Crippen MR) is 139 cm³/mol. The Morgan fingerprint density at radius 2 is 1.48 bits per heavy atom. The molecule has 172 valence electrons. The van der Waals surface area contributed by atoms with Gasteiger partial charge in [-0.05, 0) is 31.3 Å². The largest absolute Gasteiger partial charge is 0.390 e. The smallest absolute Gasteiger partial charge is 0.0845 e.